The van der Waals surface area contributed by atoms with E-state index in [0.29, 0.717) is 36.1 Å². The SMILES string of the molecule is CC(C)(C)OC(=O)N1CCCN(c2ccc(Cl)c(Cl)c2)C(=O)CC1. The normalized spacial score (nSPS) is 16.6. The standard InChI is InChI=1S/C17H22Cl2N2O3/c1-17(2,3)24-16(23)20-8-4-9-21(15(22)7-10-20)12-5-6-13(18)14(19)11-12/h5-6,11H,4,7-10H2,1-3H3. The first-order chi connectivity index (χ1) is 11.2. The van der Waals surface area contributed by atoms with Crippen molar-refractivity contribution in [1.82, 2.24) is 4.90 Å². The highest BCUT2D eigenvalue weighted by Gasteiger charge is 2.26. The third-order valence-electron chi connectivity index (χ3n) is 3.57. The molecule has 1 aliphatic heterocycles. The Balaban J connectivity index is 2.04. The molecule has 132 valence electrons. The molecule has 2 amide bonds. The van der Waals surface area contributed by atoms with Crippen molar-refractivity contribution in [3.05, 3.63) is 28.2 Å². The van der Waals surface area contributed by atoms with E-state index < -0.39 is 5.60 Å². The van der Waals surface area contributed by atoms with Crippen LogP contribution in [-0.4, -0.2) is 42.1 Å². The number of carbonyl (C=O) groups excluding carboxylic acids is 2. The van der Waals surface area contributed by atoms with Crippen molar-refractivity contribution in [3.8, 4) is 0 Å². The van der Waals surface area contributed by atoms with Crippen LogP contribution in [0.2, 0.25) is 10.0 Å². The van der Waals surface area contributed by atoms with Gasteiger partial charge in [0.25, 0.3) is 0 Å². The molecule has 1 aromatic rings. The van der Waals surface area contributed by atoms with Gasteiger partial charge in [-0.3, -0.25) is 4.79 Å². The lowest BCUT2D eigenvalue weighted by Gasteiger charge is -2.32. The minimum absolute atomic E-state index is 0.0540. The van der Waals surface area contributed by atoms with Crippen molar-refractivity contribution < 1.29 is 14.3 Å². The molecule has 1 fully saturated rings. The summed E-state index contributed by atoms with van der Waals surface area (Å²) in [5.41, 5.74) is 0.176. The van der Waals surface area contributed by atoms with Gasteiger partial charge in [0.05, 0.1) is 10.0 Å². The monoisotopic (exact) mass is 372 g/mol. The summed E-state index contributed by atoms with van der Waals surface area (Å²) in [5.74, 6) is -0.0540. The number of ether oxygens (including phenoxy) is 1. The van der Waals surface area contributed by atoms with Crippen LogP contribution in [0.5, 0.6) is 0 Å². The van der Waals surface area contributed by atoms with Gasteiger partial charge in [0, 0.05) is 31.7 Å². The average Bonchev–Trinajstić information content (AvgIpc) is 2.45. The van der Waals surface area contributed by atoms with Gasteiger partial charge in [-0.15, -0.1) is 0 Å². The summed E-state index contributed by atoms with van der Waals surface area (Å²) in [7, 11) is 0. The molecule has 0 aromatic heterocycles. The molecule has 0 saturated carbocycles. The quantitative estimate of drug-likeness (QED) is 0.735. The van der Waals surface area contributed by atoms with E-state index >= 15 is 0 Å². The van der Waals surface area contributed by atoms with Crippen molar-refractivity contribution in [2.75, 3.05) is 24.5 Å². The summed E-state index contributed by atoms with van der Waals surface area (Å²) < 4.78 is 5.38. The van der Waals surface area contributed by atoms with E-state index in [1.807, 2.05) is 20.8 Å². The van der Waals surface area contributed by atoms with Crippen LogP contribution in [0.3, 0.4) is 0 Å². The van der Waals surface area contributed by atoms with Crippen molar-refractivity contribution in [3.63, 3.8) is 0 Å². The first-order valence-corrected chi connectivity index (χ1v) is 8.66. The van der Waals surface area contributed by atoms with Crippen LogP contribution in [0.4, 0.5) is 10.5 Å². The summed E-state index contributed by atoms with van der Waals surface area (Å²) in [4.78, 5) is 27.9. The molecule has 24 heavy (non-hydrogen) atoms. The van der Waals surface area contributed by atoms with Crippen molar-refractivity contribution in [1.29, 1.82) is 0 Å². The summed E-state index contributed by atoms with van der Waals surface area (Å²) in [6.45, 7) is 6.87. The second-order valence-electron chi connectivity index (χ2n) is 6.71. The summed E-state index contributed by atoms with van der Waals surface area (Å²) in [6.07, 6.45) is 0.517. The van der Waals surface area contributed by atoms with Crippen LogP contribution in [0.15, 0.2) is 18.2 Å². The summed E-state index contributed by atoms with van der Waals surface area (Å²) >= 11 is 12.0. The Kier molecular flexibility index (Phi) is 5.99. The van der Waals surface area contributed by atoms with Gasteiger partial charge in [0.2, 0.25) is 5.91 Å². The number of nitrogens with zero attached hydrogens (tertiary/aromatic N) is 2. The molecule has 0 radical (unpaired) electrons. The Bertz CT molecular complexity index is 629. The zero-order chi connectivity index (χ0) is 17.9. The largest absolute Gasteiger partial charge is 0.444 e. The topological polar surface area (TPSA) is 49.9 Å². The predicted octanol–water partition coefficient (Wildman–Crippen LogP) is 4.36. The Morgan fingerprint density at radius 2 is 1.83 bits per heavy atom. The van der Waals surface area contributed by atoms with Gasteiger partial charge in [-0.2, -0.15) is 0 Å². The molecule has 1 heterocycles. The minimum atomic E-state index is -0.546. The average molecular weight is 373 g/mol. The van der Waals surface area contributed by atoms with Crippen molar-refractivity contribution >= 4 is 40.9 Å². The Morgan fingerprint density at radius 1 is 1.12 bits per heavy atom. The van der Waals surface area contributed by atoms with Gasteiger partial charge >= 0.3 is 6.09 Å². The highest BCUT2D eigenvalue weighted by molar-refractivity contribution is 6.42. The maximum absolute atomic E-state index is 12.5. The molecule has 0 bridgehead atoms. The molecule has 0 spiro atoms. The number of hydrogen-bond acceptors (Lipinski definition) is 3. The van der Waals surface area contributed by atoms with Gasteiger partial charge in [-0.05, 0) is 45.4 Å². The molecule has 0 aliphatic carbocycles. The van der Waals surface area contributed by atoms with Gasteiger partial charge in [-0.1, -0.05) is 23.2 Å². The van der Waals surface area contributed by atoms with E-state index in [4.69, 9.17) is 27.9 Å². The third-order valence-corrected chi connectivity index (χ3v) is 4.31. The van der Waals surface area contributed by atoms with Crippen LogP contribution in [0.25, 0.3) is 0 Å². The Hall–Kier alpha value is -1.46. The van der Waals surface area contributed by atoms with Crippen LogP contribution in [0, 0.1) is 0 Å². The maximum Gasteiger partial charge on any atom is 0.410 e. The van der Waals surface area contributed by atoms with Crippen molar-refractivity contribution in [2.24, 2.45) is 0 Å². The molecule has 1 aliphatic rings. The van der Waals surface area contributed by atoms with Crippen LogP contribution >= 0.6 is 23.2 Å². The fourth-order valence-electron chi connectivity index (χ4n) is 2.46. The first kappa shape index (κ1) is 18.9. The highest BCUT2D eigenvalue weighted by atomic mass is 35.5. The molecule has 1 saturated heterocycles. The van der Waals surface area contributed by atoms with E-state index in [9.17, 15) is 9.59 Å². The van der Waals surface area contributed by atoms with E-state index in [0.717, 1.165) is 5.69 Å². The Morgan fingerprint density at radius 3 is 2.46 bits per heavy atom. The number of amides is 2. The second-order valence-corrected chi connectivity index (χ2v) is 7.53. The fourth-order valence-corrected chi connectivity index (χ4v) is 2.75. The number of rotatable bonds is 1. The maximum atomic E-state index is 12.5. The molecule has 1 aromatic carbocycles. The van der Waals surface area contributed by atoms with Crippen molar-refractivity contribution in [2.45, 2.75) is 39.2 Å². The second kappa shape index (κ2) is 7.62. The number of carbonyl (C=O) groups is 2. The molecular formula is C17H22Cl2N2O3. The number of hydrogen-bond donors (Lipinski definition) is 0. The molecule has 0 atom stereocenters. The number of anilines is 1. The van der Waals surface area contributed by atoms with Gasteiger partial charge in [0.1, 0.15) is 5.60 Å². The molecule has 5 nitrogen and oxygen atoms in total. The lowest BCUT2D eigenvalue weighted by atomic mass is 10.2. The van der Waals surface area contributed by atoms with E-state index in [2.05, 4.69) is 0 Å². The smallest absolute Gasteiger partial charge is 0.410 e. The summed E-state index contributed by atoms with van der Waals surface area (Å²) in [5, 5.41) is 0.871. The minimum Gasteiger partial charge on any atom is -0.444 e. The van der Waals surface area contributed by atoms with E-state index in [-0.39, 0.29) is 18.4 Å². The predicted molar refractivity (Wildman–Crippen MR) is 95.9 cm³/mol. The van der Waals surface area contributed by atoms with Gasteiger partial charge < -0.3 is 14.5 Å². The number of halogens is 2. The number of benzene rings is 1. The van der Waals surface area contributed by atoms with Crippen LogP contribution < -0.4 is 4.90 Å². The lowest BCUT2D eigenvalue weighted by molar-refractivity contribution is -0.119. The van der Waals surface area contributed by atoms with E-state index in [1.54, 1.807) is 28.0 Å². The molecule has 2 rings (SSSR count). The lowest BCUT2D eigenvalue weighted by Crippen LogP contribution is -2.44. The molecular weight excluding hydrogens is 351 g/mol. The van der Waals surface area contributed by atoms with Gasteiger partial charge in [0.15, 0.2) is 0 Å². The molecule has 0 unspecified atom stereocenters. The first-order valence-electron chi connectivity index (χ1n) is 7.91. The molecule has 0 N–H and O–H groups in total. The highest BCUT2D eigenvalue weighted by Crippen LogP contribution is 2.28. The Labute approximate surface area is 152 Å². The zero-order valence-corrected chi connectivity index (χ0v) is 15.7. The fraction of sp³-hybridized carbons (Fsp3) is 0.529. The zero-order valence-electron chi connectivity index (χ0n) is 14.1. The third kappa shape index (κ3) is 5.02. The van der Waals surface area contributed by atoms with E-state index in [1.165, 1.54) is 0 Å². The summed E-state index contributed by atoms with van der Waals surface area (Å²) in [6, 6.07) is 5.15. The molecule has 7 heteroatoms. The van der Waals surface area contributed by atoms with Gasteiger partial charge in [-0.25, -0.2) is 4.79 Å². The van der Waals surface area contributed by atoms with Crippen LogP contribution in [0.1, 0.15) is 33.6 Å². The van der Waals surface area contributed by atoms with Crippen LogP contribution in [-0.2, 0) is 9.53 Å².